The Morgan fingerprint density at radius 2 is 2.09 bits per heavy atom. The number of imidazole rings is 1. The number of nitrogens with zero attached hydrogens (tertiary/aromatic N) is 3. The fraction of sp³-hybridized carbons (Fsp3) is 0.462. The van der Waals surface area contributed by atoms with Gasteiger partial charge in [-0.25, -0.2) is 9.97 Å². The van der Waals surface area contributed by atoms with Crippen molar-refractivity contribution >= 4 is 54.5 Å². The molecule has 0 aliphatic rings. The number of nitrogens with one attached hydrogen (secondary N) is 2. The minimum Gasteiger partial charge on any atom is -0.370 e. The lowest BCUT2D eigenvalue weighted by molar-refractivity contribution is 0.755. The second-order valence-corrected chi connectivity index (χ2v) is 5.38. The van der Waals surface area contributed by atoms with Crippen molar-refractivity contribution in [3.8, 4) is 0 Å². The minimum atomic E-state index is 0. The highest BCUT2D eigenvalue weighted by Crippen LogP contribution is 2.05. The van der Waals surface area contributed by atoms with Gasteiger partial charge in [-0.1, -0.05) is 0 Å². The first kappa shape index (κ1) is 24.2. The van der Waals surface area contributed by atoms with E-state index in [1.54, 1.807) is 17.7 Å². The highest BCUT2D eigenvalue weighted by molar-refractivity contribution is 7.09. The first-order valence-corrected chi connectivity index (χ1v) is 7.62. The smallest absolute Gasteiger partial charge is 0.188 e. The van der Waals surface area contributed by atoms with Crippen LogP contribution in [-0.4, -0.2) is 34.0 Å². The van der Waals surface area contributed by atoms with Crippen LogP contribution in [0, 0.1) is 0 Å². The summed E-state index contributed by atoms with van der Waals surface area (Å²) >= 11 is 1.69. The SMILES string of the molecule is Cl.Cl.Cl.NC(=NCCCc1cnc[nH]1)NCCCc1nccs1. The largest absolute Gasteiger partial charge is 0.370 e. The van der Waals surface area contributed by atoms with Gasteiger partial charge in [-0.15, -0.1) is 48.6 Å². The van der Waals surface area contributed by atoms with Gasteiger partial charge in [0.1, 0.15) is 0 Å². The molecule has 23 heavy (non-hydrogen) atoms. The van der Waals surface area contributed by atoms with Gasteiger partial charge in [0.15, 0.2) is 5.96 Å². The molecule has 0 aromatic carbocycles. The molecule has 2 heterocycles. The molecular weight excluding hydrogens is 379 g/mol. The Hall–Kier alpha value is -1.02. The molecule has 10 heteroatoms. The number of halogens is 3. The topological polar surface area (TPSA) is 92.0 Å². The van der Waals surface area contributed by atoms with E-state index in [1.165, 1.54) is 5.01 Å². The monoisotopic (exact) mass is 400 g/mol. The number of aliphatic imine (C=N–C) groups is 1. The molecule has 0 atom stereocenters. The molecule has 6 nitrogen and oxygen atoms in total. The number of guanidine groups is 1. The van der Waals surface area contributed by atoms with Gasteiger partial charge in [0.05, 0.1) is 11.3 Å². The summed E-state index contributed by atoms with van der Waals surface area (Å²) < 4.78 is 0. The van der Waals surface area contributed by atoms with Crippen molar-refractivity contribution in [3.05, 3.63) is 34.8 Å². The molecule has 0 aliphatic heterocycles. The van der Waals surface area contributed by atoms with E-state index in [2.05, 4.69) is 25.3 Å². The van der Waals surface area contributed by atoms with Crippen molar-refractivity contribution < 1.29 is 0 Å². The van der Waals surface area contributed by atoms with Gasteiger partial charge in [0, 0.05) is 43.0 Å². The van der Waals surface area contributed by atoms with Gasteiger partial charge < -0.3 is 16.0 Å². The number of hydrogen-bond donors (Lipinski definition) is 3. The normalized spacial score (nSPS) is 10.2. The molecule has 132 valence electrons. The molecule has 4 N–H and O–H groups in total. The van der Waals surface area contributed by atoms with E-state index in [4.69, 9.17) is 5.73 Å². The fourth-order valence-corrected chi connectivity index (χ4v) is 2.44. The van der Waals surface area contributed by atoms with E-state index in [1.807, 2.05) is 17.8 Å². The van der Waals surface area contributed by atoms with E-state index in [-0.39, 0.29) is 37.2 Å². The lowest BCUT2D eigenvalue weighted by atomic mass is 10.2. The third-order valence-corrected chi connectivity index (χ3v) is 3.64. The highest BCUT2D eigenvalue weighted by Gasteiger charge is 1.97. The predicted molar refractivity (Wildman–Crippen MR) is 104 cm³/mol. The van der Waals surface area contributed by atoms with Crippen LogP contribution < -0.4 is 11.1 Å². The number of aryl methyl sites for hydroxylation is 2. The zero-order chi connectivity index (χ0) is 14.0. The number of H-pyrrole nitrogens is 1. The second kappa shape index (κ2) is 14.6. The van der Waals surface area contributed by atoms with Crippen LogP contribution in [0.15, 0.2) is 29.1 Å². The molecule has 0 unspecified atom stereocenters. The molecule has 2 aromatic heterocycles. The first-order valence-electron chi connectivity index (χ1n) is 6.74. The number of aromatic amines is 1. The van der Waals surface area contributed by atoms with Crippen LogP contribution in [0.4, 0.5) is 0 Å². The summed E-state index contributed by atoms with van der Waals surface area (Å²) in [7, 11) is 0. The summed E-state index contributed by atoms with van der Waals surface area (Å²) in [6, 6.07) is 0. The van der Waals surface area contributed by atoms with Gasteiger partial charge in [0.2, 0.25) is 0 Å². The minimum absolute atomic E-state index is 0. The maximum atomic E-state index is 5.80. The van der Waals surface area contributed by atoms with Crippen LogP contribution in [0.2, 0.25) is 0 Å². The van der Waals surface area contributed by atoms with Crippen molar-refractivity contribution in [1.29, 1.82) is 0 Å². The molecule has 2 rings (SSSR count). The summed E-state index contributed by atoms with van der Waals surface area (Å²) in [5.41, 5.74) is 6.93. The Morgan fingerprint density at radius 3 is 2.74 bits per heavy atom. The van der Waals surface area contributed by atoms with E-state index in [0.717, 1.165) is 44.5 Å². The zero-order valence-corrected chi connectivity index (χ0v) is 15.9. The van der Waals surface area contributed by atoms with Crippen LogP contribution in [0.5, 0.6) is 0 Å². The van der Waals surface area contributed by atoms with Crippen molar-refractivity contribution in [2.24, 2.45) is 10.7 Å². The van der Waals surface area contributed by atoms with Crippen LogP contribution in [0.25, 0.3) is 0 Å². The van der Waals surface area contributed by atoms with Gasteiger partial charge in [-0.2, -0.15) is 0 Å². The third kappa shape index (κ3) is 10.4. The summed E-state index contributed by atoms with van der Waals surface area (Å²) in [5, 5.41) is 6.29. The molecule has 0 amide bonds. The van der Waals surface area contributed by atoms with Gasteiger partial charge in [-0.3, -0.25) is 4.99 Å². The Labute approximate surface area is 159 Å². The van der Waals surface area contributed by atoms with Crippen LogP contribution in [0.3, 0.4) is 0 Å². The van der Waals surface area contributed by atoms with E-state index >= 15 is 0 Å². The summed E-state index contributed by atoms with van der Waals surface area (Å²) in [6.07, 6.45) is 9.27. The molecule has 0 bridgehead atoms. The highest BCUT2D eigenvalue weighted by atomic mass is 35.5. The van der Waals surface area contributed by atoms with E-state index in [9.17, 15) is 0 Å². The number of thiazole rings is 1. The quantitative estimate of drug-likeness (QED) is 0.360. The summed E-state index contributed by atoms with van der Waals surface area (Å²) in [4.78, 5) is 15.6. The lowest BCUT2D eigenvalue weighted by Crippen LogP contribution is -2.32. The van der Waals surface area contributed by atoms with Crippen LogP contribution >= 0.6 is 48.6 Å². The molecule has 0 aliphatic carbocycles. The van der Waals surface area contributed by atoms with Crippen LogP contribution in [0.1, 0.15) is 23.5 Å². The summed E-state index contributed by atoms with van der Waals surface area (Å²) in [6.45, 7) is 1.56. The molecular formula is C13H23Cl3N6S. The molecule has 0 saturated carbocycles. The van der Waals surface area contributed by atoms with E-state index in [0.29, 0.717) is 5.96 Å². The number of rotatable bonds is 8. The van der Waals surface area contributed by atoms with Gasteiger partial charge in [-0.05, 0) is 19.3 Å². The predicted octanol–water partition coefficient (Wildman–Crippen LogP) is 2.60. The second-order valence-electron chi connectivity index (χ2n) is 4.40. The molecule has 0 spiro atoms. The Kier molecular flexibility index (Phi) is 15.3. The molecule has 0 radical (unpaired) electrons. The standard InChI is InChI=1S/C13H20N6S.3ClH/c14-13(17-5-1-3-11-9-15-10-19-11)18-6-2-4-12-16-7-8-20-12;;;/h7-10H,1-6H2,(H,15,19)(H3,14,17,18);3*1H. The first-order chi connectivity index (χ1) is 9.84. The van der Waals surface area contributed by atoms with Crippen molar-refractivity contribution in [2.75, 3.05) is 13.1 Å². The van der Waals surface area contributed by atoms with Crippen molar-refractivity contribution in [1.82, 2.24) is 20.3 Å². The Balaban J connectivity index is 0. The van der Waals surface area contributed by atoms with Crippen molar-refractivity contribution in [3.63, 3.8) is 0 Å². The molecule has 0 saturated heterocycles. The van der Waals surface area contributed by atoms with Gasteiger partial charge in [0.25, 0.3) is 0 Å². The Bertz CT molecular complexity index is 504. The average Bonchev–Trinajstić information content (AvgIpc) is 3.13. The fourth-order valence-electron chi connectivity index (χ4n) is 1.78. The number of nitrogens with two attached hydrogens (primary N) is 1. The maximum Gasteiger partial charge on any atom is 0.188 e. The third-order valence-electron chi connectivity index (χ3n) is 2.80. The van der Waals surface area contributed by atoms with Crippen molar-refractivity contribution in [2.45, 2.75) is 25.7 Å². The molecule has 2 aromatic rings. The number of aromatic nitrogens is 3. The average molecular weight is 402 g/mol. The van der Waals surface area contributed by atoms with E-state index < -0.39 is 0 Å². The molecule has 0 fully saturated rings. The summed E-state index contributed by atoms with van der Waals surface area (Å²) in [5.74, 6) is 0.522. The Morgan fingerprint density at radius 1 is 1.26 bits per heavy atom. The maximum absolute atomic E-state index is 5.80. The zero-order valence-electron chi connectivity index (χ0n) is 12.6. The number of hydrogen-bond acceptors (Lipinski definition) is 4. The lowest BCUT2D eigenvalue weighted by Gasteiger charge is -2.04. The van der Waals surface area contributed by atoms with Crippen LogP contribution in [-0.2, 0) is 12.8 Å². The van der Waals surface area contributed by atoms with Gasteiger partial charge >= 0.3 is 0 Å².